The van der Waals surface area contributed by atoms with E-state index in [-0.39, 0.29) is 22.6 Å². The molecule has 1 aliphatic heterocycles. The Kier molecular flexibility index (Phi) is 5.55. The molecular formula is C27H36ClN3O2. The second-order valence-electron chi connectivity index (χ2n) is 11.4. The van der Waals surface area contributed by atoms with Crippen molar-refractivity contribution in [1.29, 1.82) is 0 Å². The van der Waals surface area contributed by atoms with Gasteiger partial charge in [0.15, 0.2) is 0 Å². The van der Waals surface area contributed by atoms with E-state index >= 15 is 0 Å². The van der Waals surface area contributed by atoms with Crippen molar-refractivity contribution < 1.29 is 9.59 Å². The second kappa shape index (κ2) is 8.04. The summed E-state index contributed by atoms with van der Waals surface area (Å²) in [4.78, 5) is 27.2. The highest BCUT2D eigenvalue weighted by Crippen LogP contribution is 2.66. The molecule has 4 unspecified atom stereocenters. The summed E-state index contributed by atoms with van der Waals surface area (Å²) in [6.45, 7) is 4.82. The number of rotatable bonds is 3. The molecule has 4 aliphatic rings. The van der Waals surface area contributed by atoms with Crippen LogP contribution in [0.15, 0.2) is 30.4 Å². The Balaban J connectivity index is 1.31. The maximum absolute atomic E-state index is 13.0. The minimum Gasteiger partial charge on any atom is -0.397 e. The van der Waals surface area contributed by atoms with Crippen LogP contribution in [0.1, 0.15) is 58.8 Å². The summed E-state index contributed by atoms with van der Waals surface area (Å²) in [6, 6.07) is 5.52. The number of halogens is 1. The molecule has 178 valence electrons. The summed E-state index contributed by atoms with van der Waals surface area (Å²) < 4.78 is 0. The van der Waals surface area contributed by atoms with Gasteiger partial charge in [-0.15, -0.1) is 0 Å². The van der Waals surface area contributed by atoms with Gasteiger partial charge in [-0.2, -0.15) is 0 Å². The molecule has 0 radical (unpaired) electrons. The van der Waals surface area contributed by atoms with Gasteiger partial charge >= 0.3 is 0 Å². The number of carbonyl (C=O) groups is 2. The molecular weight excluding hydrogens is 434 g/mol. The van der Waals surface area contributed by atoms with Crippen molar-refractivity contribution in [3.63, 3.8) is 0 Å². The van der Waals surface area contributed by atoms with Crippen LogP contribution in [-0.4, -0.2) is 29.8 Å². The molecule has 3 aliphatic carbocycles. The number of nitrogens with one attached hydrogen (secondary N) is 1. The number of likely N-dealkylation sites (N-methyl/N-ethyl adjacent to an activating group) is 1. The summed E-state index contributed by atoms with van der Waals surface area (Å²) in [7, 11) is 1.97. The Morgan fingerprint density at radius 2 is 1.97 bits per heavy atom. The first-order chi connectivity index (χ1) is 15.6. The van der Waals surface area contributed by atoms with Crippen LogP contribution < -0.4 is 11.1 Å². The number of fused-ring (bicyclic) bond motifs is 5. The largest absolute Gasteiger partial charge is 0.397 e. The number of anilines is 2. The van der Waals surface area contributed by atoms with E-state index < -0.39 is 0 Å². The van der Waals surface area contributed by atoms with E-state index in [1.165, 1.54) is 19.3 Å². The number of nitrogens with two attached hydrogens (primary N) is 1. The number of nitrogens with zero attached hydrogens (tertiary/aromatic N) is 1. The topological polar surface area (TPSA) is 75.4 Å². The van der Waals surface area contributed by atoms with E-state index in [4.69, 9.17) is 17.3 Å². The van der Waals surface area contributed by atoms with Crippen LogP contribution in [0.5, 0.6) is 0 Å². The van der Waals surface area contributed by atoms with E-state index in [0.717, 1.165) is 19.3 Å². The lowest BCUT2D eigenvalue weighted by atomic mass is 9.47. The lowest BCUT2D eigenvalue weighted by molar-refractivity contribution is -0.139. The van der Waals surface area contributed by atoms with E-state index in [2.05, 4.69) is 25.2 Å². The number of nitrogen functional groups attached to an aromatic ring is 1. The molecule has 0 bridgehead atoms. The quantitative estimate of drug-likeness (QED) is 0.573. The summed E-state index contributed by atoms with van der Waals surface area (Å²) in [5, 5.41) is 3.59. The van der Waals surface area contributed by atoms with Crippen LogP contribution in [0.4, 0.5) is 11.4 Å². The van der Waals surface area contributed by atoms with Crippen LogP contribution in [0.3, 0.4) is 0 Å². The summed E-state index contributed by atoms with van der Waals surface area (Å²) >= 11 is 5.99. The van der Waals surface area contributed by atoms with Gasteiger partial charge in [-0.3, -0.25) is 9.59 Å². The molecule has 5 nitrogen and oxygen atoms in total. The van der Waals surface area contributed by atoms with Gasteiger partial charge in [-0.1, -0.05) is 31.5 Å². The molecule has 6 heteroatoms. The SMILES string of the molecule is CN1C(=O)C=C[C@]2(C)C3CC[C@@]4(C)C(CC[C@@H]4CC(=O)Nc4ccc(Cl)cc4N)C3CCC12. The normalized spacial score (nSPS) is 39.6. The van der Waals surface area contributed by atoms with Crippen molar-refractivity contribution in [2.24, 2.45) is 34.5 Å². The molecule has 1 heterocycles. The van der Waals surface area contributed by atoms with Crippen molar-refractivity contribution >= 4 is 34.8 Å². The molecule has 5 rings (SSSR count). The number of carbonyl (C=O) groups excluding carboxylic acids is 2. The van der Waals surface area contributed by atoms with E-state index in [0.29, 0.717) is 52.5 Å². The van der Waals surface area contributed by atoms with Crippen molar-refractivity contribution in [2.45, 2.75) is 64.8 Å². The lowest BCUT2D eigenvalue weighted by Gasteiger charge is -2.60. The minimum absolute atomic E-state index is 0.0454. The number of hydrogen-bond acceptors (Lipinski definition) is 3. The van der Waals surface area contributed by atoms with Crippen LogP contribution in [0.25, 0.3) is 0 Å². The average molecular weight is 470 g/mol. The van der Waals surface area contributed by atoms with Crippen molar-refractivity contribution in [1.82, 2.24) is 4.90 Å². The fourth-order valence-corrected chi connectivity index (χ4v) is 8.44. The van der Waals surface area contributed by atoms with E-state index in [1.54, 1.807) is 24.3 Å². The first-order valence-electron chi connectivity index (χ1n) is 12.4. The Bertz CT molecular complexity index is 1010. The van der Waals surface area contributed by atoms with Crippen molar-refractivity contribution in [2.75, 3.05) is 18.1 Å². The zero-order chi connectivity index (χ0) is 23.5. The molecule has 0 saturated heterocycles. The fraction of sp³-hybridized carbons (Fsp3) is 0.630. The summed E-state index contributed by atoms with van der Waals surface area (Å²) in [5.41, 5.74) is 7.45. The van der Waals surface area contributed by atoms with Gasteiger partial charge in [0.05, 0.1) is 11.4 Å². The molecule has 1 aromatic carbocycles. The number of amides is 2. The molecule has 33 heavy (non-hydrogen) atoms. The van der Waals surface area contributed by atoms with Gasteiger partial charge in [0.1, 0.15) is 0 Å². The van der Waals surface area contributed by atoms with Crippen LogP contribution in [0, 0.1) is 34.5 Å². The molecule has 7 atom stereocenters. The predicted octanol–water partition coefficient (Wildman–Crippen LogP) is 5.51. The molecule has 3 saturated carbocycles. The second-order valence-corrected chi connectivity index (χ2v) is 11.9. The van der Waals surface area contributed by atoms with E-state index in [9.17, 15) is 9.59 Å². The Morgan fingerprint density at radius 3 is 2.73 bits per heavy atom. The first kappa shape index (κ1) is 22.8. The van der Waals surface area contributed by atoms with Gasteiger partial charge in [0, 0.05) is 29.9 Å². The average Bonchev–Trinajstić information content (AvgIpc) is 3.09. The van der Waals surface area contributed by atoms with Crippen molar-refractivity contribution in [3.05, 3.63) is 35.4 Å². The van der Waals surface area contributed by atoms with Gasteiger partial charge in [0.2, 0.25) is 11.8 Å². The number of benzene rings is 1. The zero-order valence-corrected chi connectivity index (χ0v) is 20.7. The standard InChI is InChI=1S/C27H36ClN3O2/c1-26-12-10-20-18(6-9-23-27(20,2)13-11-25(33)31(23)3)19(26)7-4-16(26)14-24(32)30-22-8-5-17(28)15-21(22)29/h5,8,11,13,15-16,18-20,23H,4,6-7,9-10,12,14,29H2,1-3H3,(H,30,32)/t16-,18?,19?,20?,23?,26-,27-/m1/s1. The third-order valence-corrected chi connectivity index (χ3v) is 10.3. The highest BCUT2D eigenvalue weighted by atomic mass is 35.5. The lowest BCUT2D eigenvalue weighted by Crippen LogP contribution is -2.59. The molecule has 3 fully saturated rings. The third-order valence-electron chi connectivity index (χ3n) is 10.0. The summed E-state index contributed by atoms with van der Waals surface area (Å²) in [5.74, 6) is 2.53. The van der Waals surface area contributed by atoms with Crippen LogP contribution in [-0.2, 0) is 9.59 Å². The van der Waals surface area contributed by atoms with Gasteiger partial charge < -0.3 is 16.0 Å². The van der Waals surface area contributed by atoms with Gasteiger partial charge in [-0.05, 0) is 91.9 Å². The van der Waals surface area contributed by atoms with Crippen LogP contribution in [0.2, 0.25) is 5.02 Å². The van der Waals surface area contributed by atoms with Crippen molar-refractivity contribution in [3.8, 4) is 0 Å². The summed E-state index contributed by atoms with van der Waals surface area (Å²) in [6.07, 6.45) is 11.5. The predicted molar refractivity (Wildman–Crippen MR) is 133 cm³/mol. The van der Waals surface area contributed by atoms with Crippen LogP contribution >= 0.6 is 11.6 Å². The monoisotopic (exact) mass is 469 g/mol. The number of hydrogen-bond donors (Lipinski definition) is 2. The maximum atomic E-state index is 13.0. The Morgan fingerprint density at radius 1 is 1.18 bits per heavy atom. The maximum Gasteiger partial charge on any atom is 0.246 e. The Hall–Kier alpha value is -2.01. The zero-order valence-electron chi connectivity index (χ0n) is 19.9. The molecule has 1 aromatic rings. The highest BCUT2D eigenvalue weighted by molar-refractivity contribution is 6.31. The molecule has 3 N–H and O–H groups in total. The fourth-order valence-electron chi connectivity index (χ4n) is 8.25. The van der Waals surface area contributed by atoms with E-state index in [1.807, 2.05) is 11.9 Å². The smallest absolute Gasteiger partial charge is 0.246 e. The Labute approximate surface area is 202 Å². The molecule has 0 spiro atoms. The molecule has 0 aromatic heterocycles. The molecule has 2 amide bonds. The third kappa shape index (κ3) is 3.58. The minimum atomic E-state index is 0.0454. The first-order valence-corrected chi connectivity index (χ1v) is 12.8. The van der Waals surface area contributed by atoms with Gasteiger partial charge in [-0.25, -0.2) is 0 Å². The van der Waals surface area contributed by atoms with Gasteiger partial charge in [0.25, 0.3) is 0 Å². The highest BCUT2D eigenvalue weighted by Gasteiger charge is 2.60.